The third-order valence-corrected chi connectivity index (χ3v) is 22.9. The first-order valence-electron chi connectivity index (χ1n) is 52.2. The molecule has 0 atom stereocenters. The number of ether oxygens (including phenoxy) is 6. The van der Waals surface area contributed by atoms with E-state index in [4.69, 9.17) is 28.4 Å². The molecule has 1 aromatic rings. The Hall–Kier alpha value is -7.23. The Bertz CT molecular complexity index is 2640. The Kier molecular flexibility index (Phi) is 86.0. The maximum atomic E-state index is 14.5. The fourth-order valence-electron chi connectivity index (χ4n) is 15.1. The van der Waals surface area contributed by atoms with E-state index in [2.05, 4.69) is 109 Å². The average Bonchev–Trinajstić information content (AvgIpc) is 0.825. The molecule has 0 radical (unpaired) electrons. The van der Waals surface area contributed by atoms with E-state index in [1.165, 1.54) is 0 Å². The quantitative estimate of drug-likeness (QED) is 0.0237. The molecule has 0 aliphatic carbocycles. The Balaban J connectivity index is 3.40. The minimum atomic E-state index is -0.347. The van der Waals surface area contributed by atoms with Crippen molar-refractivity contribution >= 4 is 53.5 Å². The van der Waals surface area contributed by atoms with E-state index in [-0.39, 0.29) is 70.2 Å². The Morgan fingerprint density at radius 2 is 0.357 bits per heavy atom. The predicted octanol–water partition coefficient (Wildman–Crippen LogP) is 24.7. The summed E-state index contributed by atoms with van der Waals surface area (Å²) in [5, 5.41) is 9.50. The Labute approximate surface area is 785 Å². The maximum Gasteiger partial charge on any atom is 0.306 e. The molecular weight excluding hydrogens is 1620 g/mol. The summed E-state index contributed by atoms with van der Waals surface area (Å²) in [7, 11) is 0. The molecule has 1 aromatic carbocycles. The van der Waals surface area contributed by atoms with E-state index < -0.39 is 0 Å². The zero-order chi connectivity index (χ0) is 93.7. The molecule has 129 heavy (non-hydrogen) atoms. The number of rotatable bonds is 93. The van der Waals surface area contributed by atoms with Crippen LogP contribution in [0.5, 0.6) is 0 Å². The lowest BCUT2D eigenvalue weighted by Gasteiger charge is -2.23. The van der Waals surface area contributed by atoms with Gasteiger partial charge in [0.2, 0.25) is 0 Å². The molecule has 21 nitrogen and oxygen atoms in total. The first kappa shape index (κ1) is 120. The molecule has 0 aliphatic rings. The standard InChI is InChI=1S/C108H186N6O15/c1-7-13-19-61-88-124-100(115)70-49-37-25-31-43-55-79-112(80-56-44-32-26-38-50-71-101(116)125-89-62-20-14-8-2)85-67-76-109-106(121)97-94-98(107(122)110-77-68-86-113(81-57-45-33-27-39-51-72-102(117)126-90-63-21-15-9-3)82-58-46-34-28-40-52-73-103(118)127-91-64-22-16-10-4)96-99(95-97)108(123)111-78-69-87-114(83-59-47-35-29-41-53-74-104(119)128-92-65-23-17-11-5)84-60-48-36-30-42-54-75-105(120)129-93-66-24-18-12-6/h19-24,61-66,94-96H,7-18,25-60,67-93H2,1-6H3,(H,109,121)(H,110,122)(H,111,123)/b61-19-,62-20-,63-21-,64-22-,65-23-,66-24-. The second kappa shape index (κ2) is 92.6. The van der Waals surface area contributed by atoms with Gasteiger partial charge >= 0.3 is 35.8 Å². The van der Waals surface area contributed by atoms with Crippen LogP contribution in [0.25, 0.3) is 0 Å². The number of benzene rings is 1. The second-order valence-electron chi connectivity index (χ2n) is 35.0. The van der Waals surface area contributed by atoms with Gasteiger partial charge in [-0.1, -0.05) is 307 Å². The molecule has 0 spiro atoms. The first-order valence-corrected chi connectivity index (χ1v) is 52.2. The van der Waals surface area contributed by atoms with Gasteiger partial charge in [-0.3, -0.25) is 43.2 Å². The summed E-state index contributed by atoms with van der Waals surface area (Å²) in [6.07, 6.45) is 77.7. The third-order valence-electron chi connectivity index (χ3n) is 22.9. The molecule has 738 valence electrons. The van der Waals surface area contributed by atoms with Crippen LogP contribution in [0.1, 0.15) is 439 Å². The van der Waals surface area contributed by atoms with Crippen molar-refractivity contribution in [2.24, 2.45) is 0 Å². The van der Waals surface area contributed by atoms with Crippen molar-refractivity contribution in [3.05, 3.63) is 108 Å². The highest BCUT2D eigenvalue weighted by molar-refractivity contribution is 6.04. The van der Waals surface area contributed by atoms with Crippen molar-refractivity contribution in [2.45, 2.75) is 408 Å². The molecular formula is C108H186N6O15. The summed E-state index contributed by atoms with van der Waals surface area (Å²) >= 11 is 0. The lowest BCUT2D eigenvalue weighted by atomic mass is 10.0. The van der Waals surface area contributed by atoms with Gasteiger partial charge < -0.3 is 59.1 Å². The molecule has 0 bridgehead atoms. The normalized spacial score (nSPS) is 11.8. The van der Waals surface area contributed by atoms with E-state index in [1.807, 2.05) is 36.5 Å². The largest absolute Gasteiger partial charge is 0.461 e. The first-order chi connectivity index (χ1) is 63.2. The van der Waals surface area contributed by atoms with Crippen molar-refractivity contribution in [3.8, 4) is 0 Å². The molecule has 0 heterocycles. The van der Waals surface area contributed by atoms with E-state index in [1.54, 1.807) is 18.2 Å². The zero-order valence-corrected chi connectivity index (χ0v) is 82.7. The molecule has 0 aromatic heterocycles. The summed E-state index contributed by atoms with van der Waals surface area (Å²) < 4.78 is 32.3. The number of amides is 3. The van der Waals surface area contributed by atoms with Crippen LogP contribution in [0.2, 0.25) is 0 Å². The maximum absolute atomic E-state index is 14.5. The van der Waals surface area contributed by atoms with Crippen molar-refractivity contribution < 1.29 is 71.6 Å². The van der Waals surface area contributed by atoms with Gasteiger partial charge in [-0.15, -0.1) is 0 Å². The average molecular weight is 1810 g/mol. The fourth-order valence-corrected chi connectivity index (χ4v) is 15.1. The number of nitrogens with one attached hydrogen (secondary N) is 3. The molecule has 0 saturated heterocycles. The van der Waals surface area contributed by atoms with E-state index in [0.29, 0.717) is 117 Å². The molecule has 0 fully saturated rings. The van der Waals surface area contributed by atoms with Crippen LogP contribution in [-0.2, 0) is 57.2 Å². The van der Waals surface area contributed by atoms with Gasteiger partial charge in [0.15, 0.2) is 0 Å². The minimum absolute atomic E-state index is 0.137. The predicted molar refractivity (Wildman–Crippen MR) is 531 cm³/mol. The number of nitrogens with zero attached hydrogens (tertiary/aromatic N) is 3. The highest BCUT2D eigenvalue weighted by Gasteiger charge is 2.19. The monoisotopic (exact) mass is 1810 g/mol. The van der Waals surface area contributed by atoms with E-state index in [0.717, 1.165) is 367 Å². The fraction of sp³-hybridized carbons (Fsp3) is 0.750. The molecule has 21 heteroatoms. The van der Waals surface area contributed by atoms with Crippen LogP contribution in [-0.4, -0.2) is 186 Å². The number of hydrogen-bond donors (Lipinski definition) is 3. The summed E-state index contributed by atoms with van der Waals surface area (Å²) in [5.41, 5.74) is 0.745. The molecule has 3 amide bonds. The molecule has 0 aliphatic heterocycles. The third kappa shape index (κ3) is 80.2. The van der Waals surface area contributed by atoms with Crippen molar-refractivity contribution in [2.75, 3.05) is 118 Å². The van der Waals surface area contributed by atoms with Gasteiger partial charge in [-0.2, -0.15) is 0 Å². The molecule has 0 unspecified atom stereocenters. The van der Waals surface area contributed by atoms with Crippen LogP contribution in [0.4, 0.5) is 0 Å². The van der Waals surface area contributed by atoms with E-state index >= 15 is 0 Å². The van der Waals surface area contributed by atoms with Crippen molar-refractivity contribution in [1.82, 2.24) is 30.7 Å². The summed E-state index contributed by atoms with van der Waals surface area (Å²) in [6.45, 7) is 24.0. The van der Waals surface area contributed by atoms with Crippen LogP contribution >= 0.6 is 0 Å². The smallest absolute Gasteiger partial charge is 0.306 e. The van der Waals surface area contributed by atoms with Gasteiger partial charge in [0.05, 0.1) is 0 Å². The van der Waals surface area contributed by atoms with E-state index in [9.17, 15) is 43.2 Å². The van der Waals surface area contributed by atoms with Gasteiger partial charge in [0.1, 0.15) is 39.6 Å². The topological polar surface area (TPSA) is 255 Å². The minimum Gasteiger partial charge on any atom is -0.461 e. The molecule has 0 saturated carbocycles. The molecule has 3 N–H and O–H groups in total. The van der Waals surface area contributed by atoms with Gasteiger partial charge in [0, 0.05) is 74.8 Å². The number of carbonyl (C=O) groups excluding carboxylic acids is 9. The second-order valence-corrected chi connectivity index (χ2v) is 35.0. The number of allylic oxidation sites excluding steroid dienone is 6. The van der Waals surface area contributed by atoms with Crippen molar-refractivity contribution in [3.63, 3.8) is 0 Å². The summed E-state index contributed by atoms with van der Waals surface area (Å²) in [6, 6.07) is 4.84. The molecule has 1 rings (SSSR count). The Morgan fingerprint density at radius 1 is 0.209 bits per heavy atom. The summed E-state index contributed by atoms with van der Waals surface area (Å²) in [4.78, 5) is 125. The summed E-state index contributed by atoms with van der Waals surface area (Å²) in [5.74, 6) is -1.87. The van der Waals surface area contributed by atoms with Crippen molar-refractivity contribution in [1.29, 1.82) is 0 Å². The van der Waals surface area contributed by atoms with Gasteiger partial charge in [-0.25, -0.2) is 0 Å². The van der Waals surface area contributed by atoms with Gasteiger partial charge in [-0.05, 0) is 212 Å². The van der Waals surface area contributed by atoms with Gasteiger partial charge in [0.25, 0.3) is 17.7 Å². The van der Waals surface area contributed by atoms with Crippen LogP contribution in [0.3, 0.4) is 0 Å². The number of unbranched alkanes of at least 4 members (excludes halogenated alkanes) is 36. The highest BCUT2D eigenvalue weighted by Crippen LogP contribution is 2.19. The number of hydrogen-bond acceptors (Lipinski definition) is 18. The SMILES string of the molecule is CCC/C=C\COC(=O)CCCCCCCCN(CCCCCCCCC(=O)OC/C=C\CCC)CCCNC(=O)c1cc(C(=O)NCCCN(CCCCCCCCC(=O)OC/C=C\CCC)CCCCCCCCC(=O)OC/C=C\CCC)cc(C(=O)NCCCN(CCCCCCCCC(=O)OC/C=C\CCC)CCCCCCCCC(=O)OC/C=C\CCC)c1. The lowest BCUT2D eigenvalue weighted by molar-refractivity contribution is -0.143. The lowest BCUT2D eigenvalue weighted by Crippen LogP contribution is -2.33. The number of carbonyl (C=O) groups is 9. The van der Waals surface area contributed by atoms with Crippen LogP contribution < -0.4 is 16.0 Å². The zero-order valence-electron chi connectivity index (χ0n) is 82.7. The number of esters is 6. The van der Waals surface area contributed by atoms with Crippen LogP contribution in [0.15, 0.2) is 91.1 Å². The Morgan fingerprint density at radius 3 is 0.519 bits per heavy atom. The highest BCUT2D eigenvalue weighted by atomic mass is 16.5. The van der Waals surface area contributed by atoms with Crippen LogP contribution in [0, 0.1) is 0 Å².